The molecule has 6 nitrogen and oxygen atoms in total. The number of alkyl carbamates (subject to hydrolysis) is 1. The van der Waals surface area contributed by atoms with Crippen LogP contribution >= 0.6 is 0 Å². The SMILES string of the molecule is CC(C)(C)OC(=O)NC1(/C=C/[N+](=O)[O-])CCCC1. The molecular formula is C12H20N2O4. The van der Waals surface area contributed by atoms with Gasteiger partial charge in [-0.1, -0.05) is 12.8 Å². The second-order valence-corrected chi connectivity index (χ2v) is 5.59. The van der Waals surface area contributed by atoms with Gasteiger partial charge in [0.15, 0.2) is 0 Å². The van der Waals surface area contributed by atoms with Gasteiger partial charge in [-0.15, -0.1) is 0 Å². The molecule has 18 heavy (non-hydrogen) atoms. The van der Waals surface area contributed by atoms with Gasteiger partial charge in [-0.25, -0.2) is 4.79 Å². The van der Waals surface area contributed by atoms with Crippen molar-refractivity contribution < 1.29 is 14.5 Å². The normalized spacial score (nSPS) is 18.8. The largest absolute Gasteiger partial charge is 0.444 e. The molecule has 0 saturated heterocycles. The third-order valence-corrected chi connectivity index (χ3v) is 2.76. The Kier molecular flexibility index (Phi) is 4.32. The molecule has 0 aromatic carbocycles. The Bertz CT molecular complexity index is 352. The highest BCUT2D eigenvalue weighted by atomic mass is 16.6. The summed E-state index contributed by atoms with van der Waals surface area (Å²) in [5.41, 5.74) is -1.20. The van der Waals surface area contributed by atoms with E-state index in [0.29, 0.717) is 12.8 Å². The van der Waals surface area contributed by atoms with Gasteiger partial charge in [0.25, 0.3) is 0 Å². The van der Waals surface area contributed by atoms with E-state index in [1.165, 1.54) is 6.08 Å². The molecule has 0 atom stereocenters. The topological polar surface area (TPSA) is 81.5 Å². The fraction of sp³-hybridized carbons (Fsp3) is 0.750. The smallest absolute Gasteiger partial charge is 0.408 e. The summed E-state index contributed by atoms with van der Waals surface area (Å²) in [5, 5.41) is 13.1. The van der Waals surface area contributed by atoms with Crippen molar-refractivity contribution in [2.24, 2.45) is 0 Å². The number of rotatable bonds is 3. The first-order valence-electron chi connectivity index (χ1n) is 6.06. The van der Waals surface area contributed by atoms with Gasteiger partial charge in [0.05, 0.1) is 10.5 Å². The molecule has 0 unspecified atom stereocenters. The number of nitrogens with one attached hydrogen (secondary N) is 1. The summed E-state index contributed by atoms with van der Waals surface area (Å²) in [4.78, 5) is 21.6. The van der Waals surface area contributed by atoms with Crippen LogP contribution in [-0.2, 0) is 4.74 Å². The van der Waals surface area contributed by atoms with Crippen LogP contribution in [0.15, 0.2) is 12.3 Å². The minimum atomic E-state index is -0.630. The first-order chi connectivity index (χ1) is 8.22. The zero-order valence-electron chi connectivity index (χ0n) is 11.1. The lowest BCUT2D eigenvalue weighted by Crippen LogP contribution is -2.47. The molecule has 1 aliphatic carbocycles. The number of nitrogens with zero attached hydrogens (tertiary/aromatic N) is 1. The molecule has 0 radical (unpaired) electrons. The average molecular weight is 256 g/mol. The van der Waals surface area contributed by atoms with Crippen LogP contribution in [0.2, 0.25) is 0 Å². The van der Waals surface area contributed by atoms with E-state index in [0.717, 1.165) is 19.0 Å². The van der Waals surface area contributed by atoms with Crippen molar-refractivity contribution in [2.75, 3.05) is 0 Å². The fourth-order valence-electron chi connectivity index (χ4n) is 2.05. The lowest BCUT2D eigenvalue weighted by molar-refractivity contribution is -0.402. The van der Waals surface area contributed by atoms with E-state index in [4.69, 9.17) is 4.74 Å². The fourth-order valence-corrected chi connectivity index (χ4v) is 2.05. The maximum absolute atomic E-state index is 11.7. The molecule has 0 spiro atoms. The van der Waals surface area contributed by atoms with Crippen LogP contribution in [-0.4, -0.2) is 22.2 Å². The summed E-state index contributed by atoms with van der Waals surface area (Å²) < 4.78 is 5.18. The molecule has 1 aliphatic rings. The van der Waals surface area contributed by atoms with Crippen molar-refractivity contribution in [1.29, 1.82) is 0 Å². The van der Waals surface area contributed by atoms with Crippen LogP contribution in [0.4, 0.5) is 4.79 Å². The lowest BCUT2D eigenvalue weighted by atomic mass is 9.98. The standard InChI is InChI=1S/C12H20N2O4/c1-11(2,3)18-10(15)13-12(6-4-5-7-12)8-9-14(16)17/h8-9H,4-7H2,1-3H3,(H,13,15)/b9-8+. The van der Waals surface area contributed by atoms with E-state index >= 15 is 0 Å². The van der Waals surface area contributed by atoms with Crippen LogP contribution in [0.25, 0.3) is 0 Å². The predicted molar refractivity (Wildman–Crippen MR) is 66.7 cm³/mol. The first-order valence-corrected chi connectivity index (χ1v) is 6.06. The Balaban J connectivity index is 2.69. The molecule has 0 aliphatic heterocycles. The summed E-state index contributed by atoms with van der Waals surface area (Å²) in [6, 6.07) is 0. The minimum absolute atomic E-state index is 0.517. The third kappa shape index (κ3) is 4.73. The maximum atomic E-state index is 11.7. The Morgan fingerprint density at radius 3 is 2.39 bits per heavy atom. The van der Waals surface area contributed by atoms with E-state index in [2.05, 4.69) is 5.32 Å². The van der Waals surface area contributed by atoms with Crippen molar-refractivity contribution in [1.82, 2.24) is 5.32 Å². The highest BCUT2D eigenvalue weighted by Gasteiger charge is 2.35. The van der Waals surface area contributed by atoms with Crippen molar-refractivity contribution in [3.05, 3.63) is 22.4 Å². The third-order valence-electron chi connectivity index (χ3n) is 2.76. The second kappa shape index (κ2) is 5.37. The van der Waals surface area contributed by atoms with Crippen LogP contribution < -0.4 is 5.32 Å². The summed E-state index contributed by atoms with van der Waals surface area (Å²) in [6.45, 7) is 5.34. The Morgan fingerprint density at radius 1 is 1.39 bits per heavy atom. The average Bonchev–Trinajstić information content (AvgIpc) is 2.61. The molecule has 1 fully saturated rings. The zero-order valence-corrected chi connectivity index (χ0v) is 11.1. The summed E-state index contributed by atoms with van der Waals surface area (Å²) in [7, 11) is 0. The molecule has 0 aromatic rings. The number of hydrogen-bond donors (Lipinski definition) is 1. The zero-order chi connectivity index (χ0) is 13.8. The van der Waals surface area contributed by atoms with Crippen LogP contribution in [0, 0.1) is 10.1 Å². The maximum Gasteiger partial charge on any atom is 0.408 e. The number of carbonyl (C=O) groups excluding carboxylic acids is 1. The Hall–Kier alpha value is -1.59. The van der Waals surface area contributed by atoms with Crippen LogP contribution in [0.5, 0.6) is 0 Å². The number of nitro groups is 1. The molecule has 0 aromatic heterocycles. The van der Waals surface area contributed by atoms with E-state index in [1.807, 2.05) is 0 Å². The molecule has 6 heteroatoms. The monoisotopic (exact) mass is 256 g/mol. The number of ether oxygens (including phenoxy) is 1. The number of carbonyl (C=O) groups is 1. The molecule has 0 heterocycles. The van der Waals surface area contributed by atoms with E-state index in [-0.39, 0.29) is 0 Å². The summed E-state index contributed by atoms with van der Waals surface area (Å²) in [5.74, 6) is 0. The van der Waals surface area contributed by atoms with Gasteiger partial charge in [0.2, 0.25) is 6.20 Å². The Labute approximate surface area is 107 Å². The van der Waals surface area contributed by atoms with Crippen molar-refractivity contribution in [3.8, 4) is 0 Å². The van der Waals surface area contributed by atoms with Gasteiger partial charge in [0, 0.05) is 6.08 Å². The van der Waals surface area contributed by atoms with Gasteiger partial charge in [-0.2, -0.15) is 0 Å². The van der Waals surface area contributed by atoms with Gasteiger partial charge in [0.1, 0.15) is 5.60 Å². The van der Waals surface area contributed by atoms with Gasteiger partial charge in [-0.05, 0) is 33.6 Å². The Morgan fingerprint density at radius 2 is 1.94 bits per heavy atom. The van der Waals surface area contributed by atoms with Crippen LogP contribution in [0.3, 0.4) is 0 Å². The minimum Gasteiger partial charge on any atom is -0.444 e. The lowest BCUT2D eigenvalue weighted by Gasteiger charge is -2.28. The number of amides is 1. The molecule has 102 valence electrons. The second-order valence-electron chi connectivity index (χ2n) is 5.59. The van der Waals surface area contributed by atoms with Crippen molar-refractivity contribution in [2.45, 2.75) is 57.6 Å². The van der Waals surface area contributed by atoms with Crippen molar-refractivity contribution in [3.63, 3.8) is 0 Å². The van der Waals surface area contributed by atoms with Crippen LogP contribution in [0.1, 0.15) is 46.5 Å². The van der Waals surface area contributed by atoms with E-state index in [9.17, 15) is 14.9 Å². The molecule has 1 saturated carbocycles. The van der Waals surface area contributed by atoms with Gasteiger partial charge in [-0.3, -0.25) is 10.1 Å². The van der Waals surface area contributed by atoms with E-state index < -0.39 is 22.2 Å². The molecule has 1 rings (SSSR count). The molecular weight excluding hydrogens is 236 g/mol. The van der Waals surface area contributed by atoms with Gasteiger partial charge < -0.3 is 10.1 Å². The summed E-state index contributed by atoms with van der Waals surface area (Å²) in [6.07, 6.45) is 5.12. The van der Waals surface area contributed by atoms with Crippen molar-refractivity contribution >= 4 is 6.09 Å². The summed E-state index contributed by atoms with van der Waals surface area (Å²) >= 11 is 0. The van der Waals surface area contributed by atoms with Gasteiger partial charge >= 0.3 is 6.09 Å². The highest BCUT2D eigenvalue weighted by molar-refractivity contribution is 5.69. The highest BCUT2D eigenvalue weighted by Crippen LogP contribution is 2.31. The first kappa shape index (κ1) is 14.5. The predicted octanol–water partition coefficient (Wildman–Crippen LogP) is 2.61. The van der Waals surface area contributed by atoms with E-state index in [1.54, 1.807) is 20.8 Å². The molecule has 1 N–H and O–H groups in total. The molecule has 1 amide bonds. The number of hydrogen-bond acceptors (Lipinski definition) is 4. The quantitative estimate of drug-likeness (QED) is 0.621. The molecule has 0 bridgehead atoms.